The number of rotatable bonds is 5. The Bertz CT molecular complexity index is 109. The van der Waals surface area contributed by atoms with Gasteiger partial charge in [0.1, 0.15) is 0 Å². The van der Waals surface area contributed by atoms with Crippen molar-refractivity contribution in [1.29, 1.82) is 0 Å². The van der Waals surface area contributed by atoms with Crippen molar-refractivity contribution < 1.29 is 9.63 Å². The molecule has 0 spiro atoms. The molecule has 3 nitrogen and oxygen atoms in total. The molecule has 1 amide bonds. The van der Waals surface area contributed by atoms with Crippen LogP contribution in [0.3, 0.4) is 0 Å². The van der Waals surface area contributed by atoms with E-state index in [9.17, 15) is 4.79 Å². The molecule has 0 heterocycles. The minimum atomic E-state index is 0.0636. The van der Waals surface area contributed by atoms with Gasteiger partial charge in [0.05, 0.1) is 6.61 Å². The first-order chi connectivity index (χ1) is 5.26. The first kappa shape index (κ1) is 10.4. The van der Waals surface area contributed by atoms with E-state index < -0.39 is 0 Å². The lowest BCUT2D eigenvalue weighted by Crippen LogP contribution is -2.31. The zero-order valence-corrected chi connectivity index (χ0v) is 7.59. The molecule has 0 aliphatic carbocycles. The van der Waals surface area contributed by atoms with E-state index in [1.165, 1.54) is 5.06 Å². The highest BCUT2D eigenvalue weighted by molar-refractivity contribution is 5.74. The highest BCUT2D eigenvalue weighted by atomic mass is 16.7. The van der Waals surface area contributed by atoms with E-state index >= 15 is 0 Å². The van der Waals surface area contributed by atoms with E-state index in [2.05, 4.69) is 0 Å². The van der Waals surface area contributed by atoms with Crippen LogP contribution in [0.5, 0.6) is 0 Å². The second-order valence-electron chi connectivity index (χ2n) is 2.27. The second-order valence-corrected chi connectivity index (χ2v) is 2.27. The SMILES string of the molecule is CCCN(OCC)C(=O)CC. The summed E-state index contributed by atoms with van der Waals surface area (Å²) in [6.07, 6.45) is 1.45. The third-order valence-corrected chi connectivity index (χ3v) is 1.29. The molecule has 0 radical (unpaired) electrons. The Balaban J connectivity index is 3.76. The average molecular weight is 159 g/mol. The fourth-order valence-corrected chi connectivity index (χ4v) is 0.797. The van der Waals surface area contributed by atoms with Gasteiger partial charge in [0.15, 0.2) is 0 Å². The predicted octanol–water partition coefficient (Wildman–Crippen LogP) is 1.59. The molecular weight excluding hydrogens is 142 g/mol. The highest BCUT2D eigenvalue weighted by Crippen LogP contribution is 1.96. The smallest absolute Gasteiger partial charge is 0.245 e. The van der Waals surface area contributed by atoms with Crippen LogP contribution in [-0.4, -0.2) is 24.1 Å². The molecule has 0 aromatic rings. The lowest BCUT2D eigenvalue weighted by Gasteiger charge is -2.19. The Morgan fingerprint density at radius 1 is 1.36 bits per heavy atom. The van der Waals surface area contributed by atoms with Crippen LogP contribution in [-0.2, 0) is 9.63 Å². The van der Waals surface area contributed by atoms with Gasteiger partial charge in [-0.15, -0.1) is 0 Å². The van der Waals surface area contributed by atoms with Crippen LogP contribution in [0.4, 0.5) is 0 Å². The van der Waals surface area contributed by atoms with E-state index in [0.29, 0.717) is 19.6 Å². The molecule has 0 unspecified atom stereocenters. The summed E-state index contributed by atoms with van der Waals surface area (Å²) in [6, 6.07) is 0. The minimum absolute atomic E-state index is 0.0636. The number of carbonyl (C=O) groups is 1. The van der Waals surface area contributed by atoms with Gasteiger partial charge in [-0.1, -0.05) is 13.8 Å². The number of nitrogens with zero attached hydrogens (tertiary/aromatic N) is 1. The number of hydrogen-bond acceptors (Lipinski definition) is 2. The summed E-state index contributed by atoms with van der Waals surface area (Å²) in [6.45, 7) is 7.00. The third-order valence-electron chi connectivity index (χ3n) is 1.29. The third kappa shape index (κ3) is 3.98. The second kappa shape index (κ2) is 6.16. The molecule has 3 heteroatoms. The van der Waals surface area contributed by atoms with Gasteiger partial charge < -0.3 is 0 Å². The van der Waals surface area contributed by atoms with Gasteiger partial charge in [-0.25, -0.2) is 5.06 Å². The minimum Gasteiger partial charge on any atom is -0.273 e. The molecule has 0 N–H and O–H groups in total. The molecule has 0 aromatic heterocycles. The fourth-order valence-electron chi connectivity index (χ4n) is 0.797. The quantitative estimate of drug-likeness (QED) is 0.570. The van der Waals surface area contributed by atoms with Crippen molar-refractivity contribution in [2.75, 3.05) is 13.2 Å². The number of carbonyl (C=O) groups excluding carboxylic acids is 1. The van der Waals surface area contributed by atoms with E-state index in [1.54, 1.807) is 0 Å². The predicted molar refractivity (Wildman–Crippen MR) is 43.9 cm³/mol. The first-order valence-electron chi connectivity index (χ1n) is 4.19. The van der Waals surface area contributed by atoms with Gasteiger partial charge in [0.2, 0.25) is 5.91 Å². The Morgan fingerprint density at radius 3 is 2.36 bits per heavy atom. The van der Waals surface area contributed by atoms with E-state index in [0.717, 1.165) is 6.42 Å². The molecule has 11 heavy (non-hydrogen) atoms. The van der Waals surface area contributed by atoms with Crippen molar-refractivity contribution in [3.05, 3.63) is 0 Å². The number of hydrogen-bond donors (Lipinski definition) is 0. The zero-order valence-electron chi connectivity index (χ0n) is 7.59. The largest absolute Gasteiger partial charge is 0.273 e. The summed E-state index contributed by atoms with van der Waals surface area (Å²) in [4.78, 5) is 16.2. The molecule has 0 aliphatic rings. The molecule has 0 saturated carbocycles. The Kier molecular flexibility index (Phi) is 5.84. The normalized spacial score (nSPS) is 9.73. The lowest BCUT2D eigenvalue weighted by molar-refractivity contribution is -0.184. The molecule has 0 saturated heterocycles. The molecule has 0 atom stereocenters. The summed E-state index contributed by atoms with van der Waals surface area (Å²) < 4.78 is 0. The van der Waals surface area contributed by atoms with Crippen LogP contribution in [0.15, 0.2) is 0 Å². The van der Waals surface area contributed by atoms with Crippen LogP contribution in [0, 0.1) is 0 Å². The van der Waals surface area contributed by atoms with Gasteiger partial charge >= 0.3 is 0 Å². The zero-order chi connectivity index (χ0) is 8.69. The van der Waals surface area contributed by atoms with Gasteiger partial charge in [0, 0.05) is 13.0 Å². The fraction of sp³-hybridized carbons (Fsp3) is 0.875. The standard InChI is InChI=1S/C8H17NO2/c1-4-7-9(11-6-3)8(10)5-2/h4-7H2,1-3H3. The monoisotopic (exact) mass is 159 g/mol. The van der Waals surface area contributed by atoms with Crippen LogP contribution < -0.4 is 0 Å². The number of amides is 1. The molecule has 0 bridgehead atoms. The van der Waals surface area contributed by atoms with Crippen LogP contribution in [0.25, 0.3) is 0 Å². The van der Waals surface area contributed by atoms with Crippen molar-refractivity contribution in [3.63, 3.8) is 0 Å². The van der Waals surface area contributed by atoms with Crippen molar-refractivity contribution in [3.8, 4) is 0 Å². The summed E-state index contributed by atoms with van der Waals surface area (Å²) in [5, 5.41) is 1.44. The summed E-state index contributed by atoms with van der Waals surface area (Å²) in [5.41, 5.74) is 0. The summed E-state index contributed by atoms with van der Waals surface area (Å²) in [5.74, 6) is 0.0636. The maximum Gasteiger partial charge on any atom is 0.245 e. The van der Waals surface area contributed by atoms with E-state index in [4.69, 9.17) is 4.84 Å². The van der Waals surface area contributed by atoms with Crippen molar-refractivity contribution in [1.82, 2.24) is 5.06 Å². The molecule has 0 aromatic carbocycles. The van der Waals surface area contributed by atoms with Crippen molar-refractivity contribution in [2.24, 2.45) is 0 Å². The van der Waals surface area contributed by atoms with Crippen molar-refractivity contribution >= 4 is 5.91 Å². The molecule has 0 aliphatic heterocycles. The van der Waals surface area contributed by atoms with Crippen LogP contribution in [0.2, 0.25) is 0 Å². The first-order valence-corrected chi connectivity index (χ1v) is 4.19. The maximum atomic E-state index is 11.1. The molecular formula is C8H17NO2. The molecule has 66 valence electrons. The van der Waals surface area contributed by atoms with Crippen LogP contribution in [0.1, 0.15) is 33.6 Å². The Hall–Kier alpha value is -0.570. The molecule has 0 rings (SSSR count). The summed E-state index contributed by atoms with van der Waals surface area (Å²) in [7, 11) is 0. The van der Waals surface area contributed by atoms with E-state index in [1.807, 2.05) is 20.8 Å². The van der Waals surface area contributed by atoms with E-state index in [-0.39, 0.29) is 5.91 Å². The van der Waals surface area contributed by atoms with Gasteiger partial charge in [-0.3, -0.25) is 9.63 Å². The van der Waals surface area contributed by atoms with Gasteiger partial charge in [0.25, 0.3) is 0 Å². The lowest BCUT2D eigenvalue weighted by atomic mass is 10.4. The highest BCUT2D eigenvalue weighted by Gasteiger charge is 2.08. The summed E-state index contributed by atoms with van der Waals surface area (Å²) >= 11 is 0. The van der Waals surface area contributed by atoms with Gasteiger partial charge in [-0.2, -0.15) is 0 Å². The van der Waals surface area contributed by atoms with Crippen LogP contribution >= 0.6 is 0 Å². The molecule has 0 fully saturated rings. The van der Waals surface area contributed by atoms with Gasteiger partial charge in [-0.05, 0) is 13.3 Å². The maximum absolute atomic E-state index is 11.1. The Labute approximate surface area is 68.3 Å². The average Bonchev–Trinajstić information content (AvgIpc) is 2.03. The van der Waals surface area contributed by atoms with Crippen molar-refractivity contribution in [2.45, 2.75) is 33.6 Å². The topological polar surface area (TPSA) is 29.5 Å². The Morgan fingerprint density at radius 2 is 2.00 bits per heavy atom. The number of hydroxylamine groups is 2.